The van der Waals surface area contributed by atoms with Crippen molar-refractivity contribution >= 4 is 16.8 Å². The molecule has 1 aliphatic rings. The van der Waals surface area contributed by atoms with Crippen molar-refractivity contribution in [3.63, 3.8) is 0 Å². The number of hydrogen-bond donors (Lipinski definition) is 1. The van der Waals surface area contributed by atoms with Gasteiger partial charge in [0, 0.05) is 43.3 Å². The van der Waals surface area contributed by atoms with Gasteiger partial charge >= 0.3 is 0 Å². The number of para-hydroxylation sites is 1. The van der Waals surface area contributed by atoms with Crippen LogP contribution in [0.4, 0.5) is 0 Å². The van der Waals surface area contributed by atoms with Gasteiger partial charge in [-0.25, -0.2) is 0 Å². The van der Waals surface area contributed by atoms with E-state index >= 15 is 0 Å². The second-order valence-electron chi connectivity index (χ2n) is 7.35. The summed E-state index contributed by atoms with van der Waals surface area (Å²) in [4.78, 5) is 20.5. The molecule has 1 fully saturated rings. The van der Waals surface area contributed by atoms with E-state index in [2.05, 4.69) is 52.3 Å². The lowest BCUT2D eigenvalue weighted by atomic mass is 10.1. The molecule has 0 unspecified atom stereocenters. The van der Waals surface area contributed by atoms with Crippen molar-refractivity contribution in [1.29, 1.82) is 0 Å². The van der Waals surface area contributed by atoms with E-state index in [1.54, 1.807) is 0 Å². The van der Waals surface area contributed by atoms with Crippen molar-refractivity contribution in [3.8, 4) is 0 Å². The Hall–Kier alpha value is -2.59. The molecule has 2 heterocycles. The van der Waals surface area contributed by atoms with Crippen molar-refractivity contribution in [2.45, 2.75) is 19.3 Å². The van der Waals surface area contributed by atoms with Crippen molar-refractivity contribution < 1.29 is 4.79 Å². The Balaban J connectivity index is 1.23. The molecule has 1 N–H and O–H groups in total. The maximum atomic E-state index is 12.7. The van der Waals surface area contributed by atoms with Gasteiger partial charge in [-0.3, -0.25) is 9.69 Å². The van der Waals surface area contributed by atoms with Crippen LogP contribution in [-0.4, -0.2) is 53.4 Å². The summed E-state index contributed by atoms with van der Waals surface area (Å²) in [5.41, 5.74) is 3.61. The predicted molar refractivity (Wildman–Crippen MR) is 110 cm³/mol. The predicted octanol–water partition coefficient (Wildman–Crippen LogP) is 3.49. The highest BCUT2D eigenvalue weighted by Gasteiger charge is 2.21. The first-order valence-corrected chi connectivity index (χ1v) is 9.88. The normalized spacial score (nSPS) is 15.3. The van der Waals surface area contributed by atoms with E-state index in [1.165, 1.54) is 12.0 Å². The molecule has 0 aliphatic carbocycles. The quantitative estimate of drug-likeness (QED) is 0.730. The fourth-order valence-electron chi connectivity index (χ4n) is 3.92. The van der Waals surface area contributed by atoms with Crippen LogP contribution < -0.4 is 0 Å². The lowest BCUT2D eigenvalue weighted by Crippen LogP contribution is -2.49. The number of benzene rings is 2. The van der Waals surface area contributed by atoms with E-state index in [-0.39, 0.29) is 5.91 Å². The highest BCUT2D eigenvalue weighted by Crippen LogP contribution is 2.19. The van der Waals surface area contributed by atoms with E-state index in [0.717, 1.165) is 55.6 Å². The lowest BCUT2D eigenvalue weighted by Gasteiger charge is -2.34. The lowest BCUT2D eigenvalue weighted by molar-refractivity contribution is -0.132. The summed E-state index contributed by atoms with van der Waals surface area (Å²) in [6, 6.07) is 18.8. The Kier molecular flexibility index (Phi) is 5.54. The molecule has 1 amide bonds. The molecule has 4 nitrogen and oxygen atoms in total. The fraction of sp³-hybridized carbons (Fsp3) is 0.348. The topological polar surface area (TPSA) is 39.3 Å². The zero-order valence-corrected chi connectivity index (χ0v) is 15.7. The second kappa shape index (κ2) is 8.40. The molecule has 1 aliphatic heterocycles. The number of hydrogen-bond acceptors (Lipinski definition) is 2. The van der Waals surface area contributed by atoms with Crippen molar-refractivity contribution in [3.05, 3.63) is 71.9 Å². The average Bonchev–Trinajstić information content (AvgIpc) is 3.12. The minimum Gasteiger partial charge on any atom is -0.361 e. The van der Waals surface area contributed by atoms with Crippen LogP contribution in [0.1, 0.15) is 17.5 Å². The first-order chi connectivity index (χ1) is 13.3. The zero-order valence-electron chi connectivity index (χ0n) is 15.7. The third-order valence-corrected chi connectivity index (χ3v) is 5.52. The van der Waals surface area contributed by atoms with Crippen LogP contribution in [0.2, 0.25) is 0 Å². The van der Waals surface area contributed by atoms with Gasteiger partial charge in [0.15, 0.2) is 0 Å². The average molecular weight is 361 g/mol. The largest absolute Gasteiger partial charge is 0.361 e. The second-order valence-corrected chi connectivity index (χ2v) is 7.35. The van der Waals surface area contributed by atoms with Crippen molar-refractivity contribution in [1.82, 2.24) is 14.8 Å². The van der Waals surface area contributed by atoms with E-state index in [9.17, 15) is 4.79 Å². The number of carbonyl (C=O) groups is 1. The van der Waals surface area contributed by atoms with Gasteiger partial charge in [0.1, 0.15) is 0 Å². The molecule has 3 aromatic rings. The van der Waals surface area contributed by atoms with E-state index in [0.29, 0.717) is 6.42 Å². The van der Waals surface area contributed by atoms with Gasteiger partial charge in [-0.15, -0.1) is 0 Å². The Morgan fingerprint density at radius 2 is 1.67 bits per heavy atom. The number of carbonyl (C=O) groups excluding carboxylic acids is 1. The molecule has 0 bridgehead atoms. The van der Waals surface area contributed by atoms with Crippen LogP contribution >= 0.6 is 0 Å². The Labute approximate surface area is 160 Å². The molecule has 0 radical (unpaired) electrons. The Morgan fingerprint density at radius 3 is 2.48 bits per heavy atom. The third kappa shape index (κ3) is 4.40. The van der Waals surface area contributed by atoms with E-state index in [4.69, 9.17) is 0 Å². The van der Waals surface area contributed by atoms with Gasteiger partial charge in [-0.2, -0.15) is 0 Å². The number of aryl methyl sites for hydroxylation is 1. The summed E-state index contributed by atoms with van der Waals surface area (Å²) in [5.74, 6) is 0.240. The highest BCUT2D eigenvalue weighted by molar-refractivity contribution is 5.88. The maximum absolute atomic E-state index is 12.7. The minimum absolute atomic E-state index is 0.240. The van der Waals surface area contributed by atoms with Gasteiger partial charge in [0.2, 0.25) is 5.91 Å². The summed E-state index contributed by atoms with van der Waals surface area (Å²) < 4.78 is 0. The summed E-state index contributed by atoms with van der Waals surface area (Å²) in [6.45, 7) is 4.75. The molecule has 0 atom stereocenters. The number of H-pyrrole nitrogens is 1. The van der Waals surface area contributed by atoms with Crippen molar-refractivity contribution in [2.24, 2.45) is 0 Å². The summed E-state index contributed by atoms with van der Waals surface area (Å²) in [6.07, 6.45) is 4.76. The first kappa shape index (κ1) is 17.8. The number of nitrogens with one attached hydrogen (secondary N) is 1. The van der Waals surface area contributed by atoms with Crippen molar-refractivity contribution in [2.75, 3.05) is 32.7 Å². The molecule has 4 rings (SSSR count). The number of nitrogens with zero attached hydrogens (tertiary/aromatic N) is 2. The molecule has 0 spiro atoms. The van der Waals surface area contributed by atoms with Crippen LogP contribution in [0.25, 0.3) is 10.9 Å². The van der Waals surface area contributed by atoms with Gasteiger partial charge in [-0.05, 0) is 36.6 Å². The van der Waals surface area contributed by atoms with Crippen LogP contribution in [0.15, 0.2) is 60.8 Å². The van der Waals surface area contributed by atoms with Gasteiger partial charge in [0.25, 0.3) is 0 Å². The van der Waals surface area contributed by atoms with Gasteiger partial charge < -0.3 is 9.88 Å². The molecular weight excluding hydrogens is 334 g/mol. The van der Waals surface area contributed by atoms with Crippen LogP contribution in [-0.2, 0) is 17.6 Å². The summed E-state index contributed by atoms with van der Waals surface area (Å²) >= 11 is 0. The number of amides is 1. The van der Waals surface area contributed by atoms with Crippen LogP contribution in [0.5, 0.6) is 0 Å². The Bertz CT molecular complexity index is 879. The number of aromatic amines is 1. The monoisotopic (exact) mass is 361 g/mol. The molecule has 140 valence electrons. The van der Waals surface area contributed by atoms with Crippen LogP contribution in [0, 0.1) is 0 Å². The molecule has 4 heteroatoms. The molecule has 2 aromatic carbocycles. The Morgan fingerprint density at radius 1 is 0.926 bits per heavy atom. The van der Waals surface area contributed by atoms with Crippen LogP contribution in [0.3, 0.4) is 0 Å². The van der Waals surface area contributed by atoms with Gasteiger partial charge in [-0.1, -0.05) is 48.5 Å². The molecular formula is C23H27N3O. The maximum Gasteiger partial charge on any atom is 0.227 e. The number of rotatable bonds is 6. The first-order valence-electron chi connectivity index (χ1n) is 9.88. The summed E-state index contributed by atoms with van der Waals surface area (Å²) in [7, 11) is 0. The van der Waals surface area contributed by atoms with E-state index in [1.807, 2.05) is 23.2 Å². The molecule has 1 saturated heterocycles. The summed E-state index contributed by atoms with van der Waals surface area (Å²) in [5, 5.41) is 1.16. The number of aromatic nitrogens is 1. The number of fused-ring (bicyclic) bond motifs is 1. The smallest absolute Gasteiger partial charge is 0.227 e. The van der Waals surface area contributed by atoms with Gasteiger partial charge in [0.05, 0.1) is 6.42 Å². The molecule has 0 saturated carbocycles. The zero-order chi connectivity index (χ0) is 18.5. The fourth-order valence-corrected chi connectivity index (χ4v) is 3.92. The van der Waals surface area contributed by atoms with E-state index < -0.39 is 0 Å². The highest BCUT2D eigenvalue weighted by atomic mass is 16.2. The molecule has 27 heavy (non-hydrogen) atoms. The standard InChI is InChI=1S/C23H27N3O/c27-23(17-20-18-24-22-11-5-4-10-21(20)22)26-15-13-25(14-16-26)12-6-9-19-7-2-1-3-8-19/h1-5,7-8,10-11,18,24H,6,9,12-17H2. The third-order valence-electron chi connectivity index (χ3n) is 5.52. The molecule has 1 aromatic heterocycles. The minimum atomic E-state index is 0.240. The number of piperazine rings is 1. The SMILES string of the molecule is O=C(Cc1c[nH]c2ccccc12)N1CCN(CCCc2ccccc2)CC1.